The molecule has 11 nitrogen and oxygen atoms in total. The van der Waals surface area contributed by atoms with Crippen molar-refractivity contribution in [1.82, 2.24) is 15.5 Å². The number of aliphatic hydroxyl groups excluding tert-OH is 1. The highest BCUT2D eigenvalue weighted by molar-refractivity contribution is 5.99. The number of rotatable bonds is 11. The molecular weight excluding hydrogens is 410 g/mol. The average molecular weight is 437 g/mol. The smallest absolute Gasteiger partial charge is 0.407 e. The second kappa shape index (κ2) is 10.6. The number of hydrogen-bond donors (Lipinski definition) is 4. The van der Waals surface area contributed by atoms with Gasteiger partial charge in [0.15, 0.2) is 0 Å². The maximum absolute atomic E-state index is 12.3. The molecule has 2 rings (SSSR count). The van der Waals surface area contributed by atoms with Gasteiger partial charge in [0, 0.05) is 6.54 Å². The lowest BCUT2D eigenvalue weighted by atomic mass is 9.82. The van der Waals surface area contributed by atoms with Gasteiger partial charge in [-0.15, -0.1) is 0 Å². The predicted molar refractivity (Wildman–Crippen MR) is 108 cm³/mol. The van der Waals surface area contributed by atoms with Gasteiger partial charge in [-0.05, 0) is 25.3 Å². The molecule has 0 bridgehead atoms. The highest BCUT2D eigenvalue weighted by Gasteiger charge is 2.56. The maximum atomic E-state index is 12.3. The SMILES string of the molecule is C=CCOC(=O)NC[C@H](CC1=C(C(=O)O)N2C(=O)[C@H]([C@@H](C)O)[C@H]2C1)NC(=O)OCC=C. The highest BCUT2D eigenvalue weighted by atomic mass is 16.6. The molecule has 0 aromatic carbocycles. The number of nitrogens with one attached hydrogen (secondary N) is 2. The lowest BCUT2D eigenvalue weighted by molar-refractivity contribution is -0.161. The van der Waals surface area contributed by atoms with Crippen LogP contribution in [0.5, 0.6) is 0 Å². The molecule has 0 spiro atoms. The zero-order valence-corrected chi connectivity index (χ0v) is 17.2. The van der Waals surface area contributed by atoms with Crippen molar-refractivity contribution in [2.45, 2.75) is 38.0 Å². The van der Waals surface area contributed by atoms with Crippen molar-refractivity contribution >= 4 is 24.1 Å². The number of aliphatic carboxylic acids is 1. The first-order chi connectivity index (χ1) is 14.7. The van der Waals surface area contributed by atoms with Gasteiger partial charge in [0.1, 0.15) is 18.9 Å². The number of alkyl carbamates (subject to hydrolysis) is 2. The van der Waals surface area contributed by atoms with Crippen LogP contribution in [-0.2, 0) is 19.1 Å². The van der Waals surface area contributed by atoms with E-state index in [1.807, 2.05) is 0 Å². The van der Waals surface area contributed by atoms with Crippen molar-refractivity contribution in [1.29, 1.82) is 0 Å². The van der Waals surface area contributed by atoms with Crippen molar-refractivity contribution in [3.05, 3.63) is 36.6 Å². The molecule has 2 aliphatic heterocycles. The van der Waals surface area contributed by atoms with Crippen molar-refractivity contribution in [2.75, 3.05) is 19.8 Å². The van der Waals surface area contributed by atoms with Crippen molar-refractivity contribution in [3.8, 4) is 0 Å². The molecule has 1 saturated heterocycles. The number of hydrogen-bond acceptors (Lipinski definition) is 7. The molecule has 0 radical (unpaired) electrons. The fourth-order valence-corrected chi connectivity index (χ4v) is 3.75. The Bertz CT molecular complexity index is 791. The second-order valence-corrected chi connectivity index (χ2v) is 7.20. The Labute approximate surface area is 179 Å². The molecule has 2 heterocycles. The van der Waals surface area contributed by atoms with Gasteiger partial charge < -0.3 is 35.2 Å². The second-order valence-electron chi connectivity index (χ2n) is 7.20. The van der Waals surface area contributed by atoms with Crippen LogP contribution < -0.4 is 10.6 Å². The molecule has 3 amide bonds. The van der Waals surface area contributed by atoms with Crippen LogP contribution in [0.2, 0.25) is 0 Å². The summed E-state index contributed by atoms with van der Waals surface area (Å²) >= 11 is 0. The van der Waals surface area contributed by atoms with E-state index in [1.54, 1.807) is 0 Å². The molecule has 4 atom stereocenters. The minimum absolute atomic E-state index is 0.000889. The van der Waals surface area contributed by atoms with Gasteiger partial charge in [-0.2, -0.15) is 0 Å². The van der Waals surface area contributed by atoms with Gasteiger partial charge in [-0.3, -0.25) is 4.79 Å². The van der Waals surface area contributed by atoms with Gasteiger partial charge in [0.2, 0.25) is 5.91 Å². The number of fused-ring (bicyclic) bond motifs is 1. The monoisotopic (exact) mass is 437 g/mol. The third-order valence-electron chi connectivity index (χ3n) is 4.99. The summed E-state index contributed by atoms with van der Waals surface area (Å²) in [5.74, 6) is -2.41. The van der Waals surface area contributed by atoms with Gasteiger partial charge in [0.25, 0.3) is 0 Å². The summed E-state index contributed by atoms with van der Waals surface area (Å²) in [5.41, 5.74) is 0.261. The number of ether oxygens (including phenoxy) is 2. The summed E-state index contributed by atoms with van der Waals surface area (Å²) in [7, 11) is 0. The molecule has 1 fully saturated rings. The Morgan fingerprint density at radius 2 is 1.84 bits per heavy atom. The molecule has 0 aromatic rings. The molecule has 170 valence electrons. The van der Waals surface area contributed by atoms with E-state index in [0.717, 1.165) is 0 Å². The number of carbonyl (C=O) groups is 4. The van der Waals surface area contributed by atoms with Crippen LogP contribution in [-0.4, -0.2) is 77.1 Å². The Morgan fingerprint density at radius 1 is 1.23 bits per heavy atom. The fraction of sp³-hybridized carbons (Fsp3) is 0.500. The molecule has 31 heavy (non-hydrogen) atoms. The molecule has 4 N–H and O–H groups in total. The van der Waals surface area contributed by atoms with Crippen LogP contribution >= 0.6 is 0 Å². The van der Waals surface area contributed by atoms with Gasteiger partial charge in [-0.25, -0.2) is 14.4 Å². The predicted octanol–water partition coefficient (Wildman–Crippen LogP) is 0.520. The molecule has 11 heteroatoms. The van der Waals surface area contributed by atoms with Gasteiger partial charge >= 0.3 is 18.2 Å². The number of carbonyl (C=O) groups excluding carboxylic acids is 3. The summed E-state index contributed by atoms with van der Waals surface area (Å²) in [4.78, 5) is 49.0. The van der Waals surface area contributed by atoms with E-state index in [4.69, 9.17) is 9.47 Å². The van der Waals surface area contributed by atoms with Crippen LogP contribution in [0.25, 0.3) is 0 Å². The summed E-state index contributed by atoms with van der Waals surface area (Å²) in [6.07, 6.45) is 0.634. The van der Waals surface area contributed by atoms with Crippen molar-refractivity contribution in [3.63, 3.8) is 0 Å². The Kier molecular flexibility index (Phi) is 8.20. The minimum atomic E-state index is -1.28. The van der Waals surface area contributed by atoms with Gasteiger partial charge in [-0.1, -0.05) is 25.3 Å². The zero-order chi connectivity index (χ0) is 23.1. The first kappa shape index (κ1) is 23.9. The largest absolute Gasteiger partial charge is 0.477 e. The topological polar surface area (TPSA) is 154 Å². The number of carboxylic acids is 1. The van der Waals surface area contributed by atoms with E-state index in [1.165, 1.54) is 24.0 Å². The first-order valence-corrected chi connectivity index (χ1v) is 9.73. The van der Waals surface area contributed by atoms with Crippen LogP contribution in [0.15, 0.2) is 36.6 Å². The number of carboxylic acid groups (broad SMARTS) is 1. The molecule has 2 aliphatic rings. The number of amides is 3. The fourth-order valence-electron chi connectivity index (χ4n) is 3.75. The van der Waals surface area contributed by atoms with E-state index >= 15 is 0 Å². The summed E-state index contributed by atoms with van der Waals surface area (Å²) in [6, 6.07) is -1.19. The Morgan fingerprint density at radius 3 is 2.39 bits per heavy atom. The Hall–Kier alpha value is -3.34. The van der Waals surface area contributed by atoms with Crippen LogP contribution in [0, 0.1) is 5.92 Å². The van der Waals surface area contributed by atoms with Crippen LogP contribution in [0.4, 0.5) is 9.59 Å². The third-order valence-corrected chi connectivity index (χ3v) is 4.99. The number of nitrogens with zero attached hydrogens (tertiary/aromatic N) is 1. The molecular formula is C20H27N3O8. The summed E-state index contributed by atoms with van der Waals surface area (Å²) < 4.78 is 9.72. The van der Waals surface area contributed by atoms with Crippen LogP contribution in [0.1, 0.15) is 19.8 Å². The van der Waals surface area contributed by atoms with Crippen molar-refractivity contribution in [2.24, 2.45) is 5.92 Å². The third kappa shape index (κ3) is 5.63. The lowest BCUT2D eigenvalue weighted by Gasteiger charge is -2.44. The summed E-state index contributed by atoms with van der Waals surface area (Å²) in [6.45, 7) is 8.26. The van der Waals surface area contributed by atoms with E-state index < -0.39 is 48.2 Å². The van der Waals surface area contributed by atoms with E-state index in [-0.39, 0.29) is 38.3 Å². The van der Waals surface area contributed by atoms with Gasteiger partial charge in [0.05, 0.1) is 24.1 Å². The van der Waals surface area contributed by atoms with E-state index in [2.05, 4.69) is 23.8 Å². The number of aliphatic hydroxyl groups is 1. The van der Waals surface area contributed by atoms with Crippen LogP contribution in [0.3, 0.4) is 0 Å². The molecule has 0 aromatic heterocycles. The highest BCUT2D eigenvalue weighted by Crippen LogP contribution is 2.44. The van der Waals surface area contributed by atoms with E-state index in [0.29, 0.717) is 5.57 Å². The normalized spacial score (nSPS) is 21.4. The average Bonchev–Trinajstić information content (AvgIpc) is 3.02. The maximum Gasteiger partial charge on any atom is 0.407 e. The minimum Gasteiger partial charge on any atom is -0.477 e. The standard InChI is InChI=1S/C20H27N3O8/c1-4-6-30-19(28)21-10-13(22-20(29)31-7-5-2)8-12-9-14-15(11(3)24)17(25)23(14)16(12)18(26)27/h4-5,11,13-15,24H,1-2,6-10H2,3H3,(H,21,28)(H,22,29)(H,26,27)/t11-,13+,14-,15-/m1/s1. The van der Waals surface area contributed by atoms with Crippen molar-refractivity contribution < 1.29 is 38.9 Å². The first-order valence-electron chi connectivity index (χ1n) is 9.73. The molecule has 0 unspecified atom stereocenters. The molecule has 0 aliphatic carbocycles. The lowest BCUT2D eigenvalue weighted by Crippen LogP contribution is -2.61. The quantitative estimate of drug-likeness (QED) is 0.269. The zero-order valence-electron chi connectivity index (χ0n) is 17.2. The molecule has 0 saturated carbocycles. The van der Waals surface area contributed by atoms with E-state index in [9.17, 15) is 29.4 Å². The number of β-lactam (4-membered cyclic amide) rings is 1. The Balaban J connectivity index is 2.15. The summed E-state index contributed by atoms with van der Waals surface area (Å²) in [5, 5.41) is 24.5.